The Bertz CT molecular complexity index is 609. The molecule has 0 bridgehead atoms. The first-order valence-corrected chi connectivity index (χ1v) is 7.66. The summed E-state index contributed by atoms with van der Waals surface area (Å²) >= 11 is 0. The molecule has 0 radical (unpaired) electrons. The van der Waals surface area contributed by atoms with E-state index < -0.39 is 0 Å². The van der Waals surface area contributed by atoms with Crippen molar-refractivity contribution >= 4 is 11.6 Å². The third kappa shape index (κ3) is 3.64. The van der Waals surface area contributed by atoms with Crippen LogP contribution in [0, 0.1) is 5.92 Å². The Morgan fingerprint density at radius 1 is 1.14 bits per heavy atom. The Morgan fingerprint density at radius 2 is 1.82 bits per heavy atom. The number of hydrogen-bond donors (Lipinski definition) is 1. The van der Waals surface area contributed by atoms with Gasteiger partial charge in [0.05, 0.1) is 17.9 Å². The smallest absolute Gasteiger partial charge is 0.230 e. The highest BCUT2D eigenvalue weighted by Gasteiger charge is 2.25. The van der Waals surface area contributed by atoms with Crippen molar-refractivity contribution in [3.05, 3.63) is 54.4 Å². The summed E-state index contributed by atoms with van der Waals surface area (Å²) in [5.41, 5.74) is 1.33. The van der Waals surface area contributed by atoms with Gasteiger partial charge in [0.2, 0.25) is 5.91 Å². The van der Waals surface area contributed by atoms with Gasteiger partial charge in [-0.3, -0.25) is 9.78 Å². The maximum absolute atomic E-state index is 12.8. The molecular formula is C18H22N2O2. The summed E-state index contributed by atoms with van der Waals surface area (Å²) in [5, 5.41) is 10.1. The number of phenolic OH excluding ortho intramolecular Hbond substituents is 1. The van der Waals surface area contributed by atoms with Crippen LogP contribution < -0.4 is 4.90 Å². The van der Waals surface area contributed by atoms with Crippen molar-refractivity contribution in [2.75, 3.05) is 4.90 Å². The molecule has 4 nitrogen and oxygen atoms in total. The van der Waals surface area contributed by atoms with Gasteiger partial charge >= 0.3 is 0 Å². The van der Waals surface area contributed by atoms with E-state index in [1.54, 1.807) is 29.3 Å². The Labute approximate surface area is 131 Å². The first-order chi connectivity index (χ1) is 10.7. The molecule has 2 aromatic rings. The highest BCUT2D eigenvalue weighted by molar-refractivity contribution is 5.96. The zero-order valence-electron chi connectivity index (χ0n) is 13.1. The zero-order chi connectivity index (χ0) is 15.9. The number of amides is 1. The number of carbonyl (C=O) groups excluding carboxylic acids is 1. The monoisotopic (exact) mass is 298 g/mol. The summed E-state index contributed by atoms with van der Waals surface area (Å²) in [7, 11) is 0. The van der Waals surface area contributed by atoms with E-state index in [2.05, 4.69) is 4.98 Å². The largest absolute Gasteiger partial charge is 0.506 e. The second-order valence-electron chi connectivity index (χ2n) is 5.25. The van der Waals surface area contributed by atoms with Crippen molar-refractivity contribution in [3.8, 4) is 5.75 Å². The molecule has 1 aromatic carbocycles. The number of nitrogens with zero attached hydrogens (tertiary/aromatic N) is 2. The first kappa shape index (κ1) is 16.0. The van der Waals surface area contributed by atoms with Crippen LogP contribution in [0.15, 0.2) is 48.7 Å². The SMILES string of the molecule is CCC(CC)C(=O)N(Cc1ccccn1)c1ccccc1O. The van der Waals surface area contributed by atoms with Gasteiger partial charge in [0.25, 0.3) is 0 Å². The average molecular weight is 298 g/mol. The van der Waals surface area contributed by atoms with Crippen molar-refractivity contribution in [3.63, 3.8) is 0 Å². The van der Waals surface area contributed by atoms with Gasteiger partial charge < -0.3 is 10.0 Å². The second-order valence-corrected chi connectivity index (χ2v) is 5.25. The number of pyridine rings is 1. The second kappa shape index (κ2) is 7.59. The van der Waals surface area contributed by atoms with Crippen LogP contribution in [0.4, 0.5) is 5.69 Å². The molecule has 1 amide bonds. The van der Waals surface area contributed by atoms with Crippen molar-refractivity contribution in [2.45, 2.75) is 33.2 Å². The molecule has 0 saturated carbocycles. The predicted octanol–water partition coefficient (Wildman–Crippen LogP) is 3.76. The van der Waals surface area contributed by atoms with Crippen LogP contribution in [0.1, 0.15) is 32.4 Å². The number of benzene rings is 1. The number of aromatic nitrogens is 1. The Morgan fingerprint density at radius 3 is 2.41 bits per heavy atom. The maximum Gasteiger partial charge on any atom is 0.230 e. The normalized spacial score (nSPS) is 10.7. The van der Waals surface area contributed by atoms with Crippen LogP contribution in [-0.4, -0.2) is 16.0 Å². The van der Waals surface area contributed by atoms with E-state index in [0.29, 0.717) is 12.2 Å². The number of aromatic hydroxyl groups is 1. The minimum atomic E-state index is -0.0525. The molecule has 0 unspecified atom stereocenters. The Hall–Kier alpha value is -2.36. The fraction of sp³-hybridized carbons (Fsp3) is 0.333. The molecule has 0 fully saturated rings. The van der Waals surface area contributed by atoms with Gasteiger partial charge in [-0.25, -0.2) is 0 Å². The Kier molecular flexibility index (Phi) is 5.53. The van der Waals surface area contributed by atoms with Gasteiger partial charge in [-0.15, -0.1) is 0 Å². The van der Waals surface area contributed by atoms with Crippen molar-refractivity contribution in [2.24, 2.45) is 5.92 Å². The lowest BCUT2D eigenvalue weighted by Crippen LogP contribution is -2.35. The lowest BCUT2D eigenvalue weighted by Gasteiger charge is -2.27. The Balaban J connectivity index is 2.36. The van der Waals surface area contributed by atoms with E-state index in [4.69, 9.17) is 0 Å². The quantitative estimate of drug-likeness (QED) is 0.883. The van der Waals surface area contributed by atoms with E-state index in [-0.39, 0.29) is 17.6 Å². The van der Waals surface area contributed by atoms with E-state index in [0.717, 1.165) is 18.5 Å². The first-order valence-electron chi connectivity index (χ1n) is 7.66. The summed E-state index contributed by atoms with van der Waals surface area (Å²) in [4.78, 5) is 18.8. The summed E-state index contributed by atoms with van der Waals surface area (Å²) in [6, 6.07) is 12.6. The maximum atomic E-state index is 12.8. The van der Waals surface area contributed by atoms with Crippen molar-refractivity contribution in [1.29, 1.82) is 0 Å². The standard InChI is InChI=1S/C18H22N2O2/c1-3-14(4-2)18(22)20(13-15-9-7-8-12-19-15)16-10-5-6-11-17(16)21/h5-12,14,21H,3-4,13H2,1-2H3. The van der Waals surface area contributed by atoms with E-state index in [9.17, 15) is 9.90 Å². The molecule has 0 saturated heterocycles. The summed E-state index contributed by atoms with van der Waals surface area (Å²) in [6.45, 7) is 4.37. The number of anilines is 1. The predicted molar refractivity (Wildman–Crippen MR) is 87.6 cm³/mol. The van der Waals surface area contributed by atoms with Crippen LogP contribution in [0.2, 0.25) is 0 Å². The molecule has 0 atom stereocenters. The fourth-order valence-electron chi connectivity index (χ4n) is 2.49. The minimum Gasteiger partial charge on any atom is -0.506 e. The van der Waals surface area contributed by atoms with Gasteiger partial charge in [0, 0.05) is 12.1 Å². The molecule has 4 heteroatoms. The van der Waals surface area contributed by atoms with Gasteiger partial charge in [0.15, 0.2) is 0 Å². The third-order valence-corrected chi connectivity index (χ3v) is 3.82. The summed E-state index contributed by atoms with van der Waals surface area (Å²) < 4.78 is 0. The van der Waals surface area contributed by atoms with Crippen LogP contribution in [0.3, 0.4) is 0 Å². The molecule has 1 N–H and O–H groups in total. The highest BCUT2D eigenvalue weighted by Crippen LogP contribution is 2.30. The van der Waals surface area contributed by atoms with Crippen LogP contribution in [0.25, 0.3) is 0 Å². The lowest BCUT2D eigenvalue weighted by atomic mass is 10.0. The summed E-state index contributed by atoms with van der Waals surface area (Å²) in [6.07, 6.45) is 3.27. The van der Waals surface area contributed by atoms with Crippen LogP contribution in [-0.2, 0) is 11.3 Å². The molecule has 0 aliphatic carbocycles. The van der Waals surface area contributed by atoms with Crippen molar-refractivity contribution < 1.29 is 9.90 Å². The fourth-order valence-corrected chi connectivity index (χ4v) is 2.49. The molecule has 0 aliphatic rings. The van der Waals surface area contributed by atoms with Gasteiger partial charge in [-0.2, -0.15) is 0 Å². The average Bonchev–Trinajstić information content (AvgIpc) is 2.55. The highest BCUT2D eigenvalue weighted by atomic mass is 16.3. The molecule has 0 spiro atoms. The van der Waals surface area contributed by atoms with Gasteiger partial charge in [-0.1, -0.05) is 32.0 Å². The number of phenols is 1. The zero-order valence-corrected chi connectivity index (χ0v) is 13.1. The van der Waals surface area contributed by atoms with Crippen molar-refractivity contribution in [1.82, 2.24) is 4.98 Å². The number of rotatable bonds is 6. The molecule has 1 aromatic heterocycles. The van der Waals surface area contributed by atoms with E-state index >= 15 is 0 Å². The molecule has 116 valence electrons. The van der Waals surface area contributed by atoms with Gasteiger partial charge in [-0.05, 0) is 37.1 Å². The minimum absolute atomic E-state index is 0.0251. The van der Waals surface area contributed by atoms with E-state index in [1.165, 1.54) is 0 Å². The third-order valence-electron chi connectivity index (χ3n) is 3.82. The number of para-hydroxylation sites is 2. The topological polar surface area (TPSA) is 53.4 Å². The molecule has 2 rings (SSSR count). The number of hydrogen-bond acceptors (Lipinski definition) is 3. The molecule has 0 aliphatic heterocycles. The van der Waals surface area contributed by atoms with Crippen LogP contribution in [0.5, 0.6) is 5.75 Å². The van der Waals surface area contributed by atoms with E-state index in [1.807, 2.05) is 38.1 Å². The lowest BCUT2D eigenvalue weighted by molar-refractivity contribution is -0.122. The van der Waals surface area contributed by atoms with Gasteiger partial charge in [0.1, 0.15) is 5.75 Å². The van der Waals surface area contributed by atoms with Crippen LogP contribution >= 0.6 is 0 Å². The molecule has 22 heavy (non-hydrogen) atoms. The molecule has 1 heterocycles. The number of carbonyl (C=O) groups is 1. The summed E-state index contributed by atoms with van der Waals surface area (Å²) in [5.74, 6) is 0.0817. The molecular weight excluding hydrogens is 276 g/mol.